The summed E-state index contributed by atoms with van der Waals surface area (Å²) >= 11 is 1.57. The fourth-order valence-electron chi connectivity index (χ4n) is 1.59. The minimum absolute atomic E-state index is 0.0217. The zero-order chi connectivity index (χ0) is 14.5. The molecule has 6 nitrogen and oxygen atoms in total. The Labute approximate surface area is 120 Å². The summed E-state index contributed by atoms with van der Waals surface area (Å²) in [6.45, 7) is 0.303. The van der Waals surface area contributed by atoms with Crippen LogP contribution < -0.4 is 5.32 Å². The molecule has 106 valence electrons. The Bertz CT molecular complexity index is 589. The quantitative estimate of drug-likeness (QED) is 0.873. The van der Waals surface area contributed by atoms with Crippen LogP contribution in [0.15, 0.2) is 23.6 Å². The number of rotatable bonds is 5. The van der Waals surface area contributed by atoms with Gasteiger partial charge in [0.1, 0.15) is 0 Å². The highest BCUT2D eigenvalue weighted by Crippen LogP contribution is 2.22. The SMILES string of the molecule is CN(C)C(=O)CCNC(=O)c1cc(-c2cccs2)[nH]n1. The zero-order valence-corrected chi connectivity index (χ0v) is 12.2. The lowest BCUT2D eigenvalue weighted by Gasteiger charge is -2.09. The third-order valence-corrected chi connectivity index (χ3v) is 3.62. The number of thiophene rings is 1. The average Bonchev–Trinajstić information content (AvgIpc) is 3.08. The van der Waals surface area contributed by atoms with E-state index in [1.807, 2.05) is 17.5 Å². The molecule has 2 amide bonds. The van der Waals surface area contributed by atoms with E-state index in [0.717, 1.165) is 10.6 Å². The summed E-state index contributed by atoms with van der Waals surface area (Å²) in [5.74, 6) is -0.304. The van der Waals surface area contributed by atoms with E-state index in [9.17, 15) is 9.59 Å². The standard InChI is InChI=1S/C13H16N4O2S/c1-17(2)12(18)5-6-14-13(19)10-8-9(15-16-10)11-4-3-7-20-11/h3-4,7-8H,5-6H2,1-2H3,(H,14,19)(H,15,16). The van der Waals surface area contributed by atoms with Crippen molar-refractivity contribution in [2.24, 2.45) is 0 Å². The maximum Gasteiger partial charge on any atom is 0.271 e. The number of aromatic amines is 1. The van der Waals surface area contributed by atoms with Crippen molar-refractivity contribution in [1.82, 2.24) is 20.4 Å². The summed E-state index contributed by atoms with van der Waals surface area (Å²) in [6, 6.07) is 5.60. The molecular weight excluding hydrogens is 276 g/mol. The minimum Gasteiger partial charge on any atom is -0.350 e. The van der Waals surface area contributed by atoms with Crippen LogP contribution in [0.25, 0.3) is 10.6 Å². The van der Waals surface area contributed by atoms with Crippen LogP contribution in [-0.4, -0.2) is 47.6 Å². The van der Waals surface area contributed by atoms with Gasteiger partial charge in [0.05, 0.1) is 10.6 Å². The molecule has 0 aromatic carbocycles. The maximum atomic E-state index is 11.9. The number of amides is 2. The summed E-state index contributed by atoms with van der Waals surface area (Å²) in [4.78, 5) is 25.8. The van der Waals surface area contributed by atoms with Crippen LogP contribution in [0.1, 0.15) is 16.9 Å². The Morgan fingerprint density at radius 1 is 1.45 bits per heavy atom. The normalized spacial score (nSPS) is 10.3. The van der Waals surface area contributed by atoms with Crippen LogP contribution in [0.2, 0.25) is 0 Å². The van der Waals surface area contributed by atoms with Gasteiger partial charge in [0.2, 0.25) is 5.91 Å². The van der Waals surface area contributed by atoms with Gasteiger partial charge in [-0.3, -0.25) is 14.7 Å². The molecule has 0 unspecified atom stereocenters. The summed E-state index contributed by atoms with van der Waals surface area (Å²) in [6.07, 6.45) is 0.279. The van der Waals surface area contributed by atoms with Crippen LogP contribution in [0, 0.1) is 0 Å². The molecule has 0 saturated carbocycles. The molecule has 2 heterocycles. The molecule has 2 rings (SSSR count). The third-order valence-electron chi connectivity index (χ3n) is 2.72. The molecule has 0 spiro atoms. The monoisotopic (exact) mass is 292 g/mol. The Hall–Kier alpha value is -2.15. The summed E-state index contributed by atoms with van der Waals surface area (Å²) in [7, 11) is 3.37. The van der Waals surface area contributed by atoms with Crippen molar-refractivity contribution in [3.63, 3.8) is 0 Å². The molecule has 0 atom stereocenters. The molecule has 2 aromatic heterocycles. The number of H-pyrrole nitrogens is 1. The molecule has 7 heteroatoms. The van der Waals surface area contributed by atoms with E-state index in [-0.39, 0.29) is 18.2 Å². The van der Waals surface area contributed by atoms with E-state index in [1.165, 1.54) is 4.90 Å². The number of carbonyl (C=O) groups excluding carboxylic acids is 2. The van der Waals surface area contributed by atoms with Crippen LogP contribution in [0.3, 0.4) is 0 Å². The first-order chi connectivity index (χ1) is 9.58. The Morgan fingerprint density at radius 2 is 2.25 bits per heavy atom. The first-order valence-corrected chi connectivity index (χ1v) is 7.03. The van der Waals surface area contributed by atoms with Gasteiger partial charge < -0.3 is 10.2 Å². The maximum absolute atomic E-state index is 11.9. The van der Waals surface area contributed by atoms with Crippen molar-refractivity contribution in [1.29, 1.82) is 0 Å². The second-order valence-electron chi connectivity index (χ2n) is 4.44. The van der Waals surface area contributed by atoms with Gasteiger partial charge in [0.25, 0.3) is 5.91 Å². The summed E-state index contributed by atoms with van der Waals surface area (Å²) in [5.41, 5.74) is 1.14. The summed E-state index contributed by atoms with van der Waals surface area (Å²) in [5, 5.41) is 11.4. The number of hydrogen-bond donors (Lipinski definition) is 2. The van der Waals surface area contributed by atoms with Crippen molar-refractivity contribution in [3.8, 4) is 10.6 Å². The number of hydrogen-bond acceptors (Lipinski definition) is 4. The molecule has 0 aliphatic rings. The third kappa shape index (κ3) is 3.45. The lowest BCUT2D eigenvalue weighted by atomic mass is 10.3. The predicted molar refractivity (Wildman–Crippen MR) is 77.5 cm³/mol. The summed E-state index contributed by atoms with van der Waals surface area (Å²) < 4.78 is 0. The van der Waals surface area contributed by atoms with Gasteiger partial charge >= 0.3 is 0 Å². The number of aromatic nitrogens is 2. The Kier molecular flexibility index (Phi) is 4.52. The zero-order valence-electron chi connectivity index (χ0n) is 11.3. The van der Waals surface area contributed by atoms with Gasteiger partial charge in [-0.2, -0.15) is 5.10 Å². The van der Waals surface area contributed by atoms with Gasteiger partial charge in [-0.05, 0) is 17.5 Å². The molecule has 20 heavy (non-hydrogen) atoms. The first kappa shape index (κ1) is 14.3. The van der Waals surface area contributed by atoms with E-state index in [4.69, 9.17) is 0 Å². The number of carbonyl (C=O) groups is 2. The molecule has 0 radical (unpaired) electrons. The van der Waals surface area contributed by atoms with E-state index >= 15 is 0 Å². The Morgan fingerprint density at radius 3 is 2.90 bits per heavy atom. The van der Waals surface area contributed by atoms with E-state index in [2.05, 4.69) is 15.5 Å². The fraction of sp³-hybridized carbons (Fsp3) is 0.308. The number of nitrogens with zero attached hydrogens (tertiary/aromatic N) is 2. The van der Waals surface area contributed by atoms with Crippen molar-refractivity contribution in [3.05, 3.63) is 29.3 Å². The number of nitrogens with one attached hydrogen (secondary N) is 2. The molecular formula is C13H16N4O2S. The first-order valence-electron chi connectivity index (χ1n) is 6.15. The van der Waals surface area contributed by atoms with Gasteiger partial charge in [0.15, 0.2) is 5.69 Å². The van der Waals surface area contributed by atoms with Crippen LogP contribution >= 0.6 is 11.3 Å². The van der Waals surface area contributed by atoms with Gasteiger partial charge in [-0.1, -0.05) is 6.07 Å². The lowest BCUT2D eigenvalue weighted by Crippen LogP contribution is -2.30. The van der Waals surface area contributed by atoms with E-state index < -0.39 is 0 Å². The van der Waals surface area contributed by atoms with Crippen LogP contribution in [0.5, 0.6) is 0 Å². The second kappa shape index (κ2) is 6.33. The highest BCUT2D eigenvalue weighted by Gasteiger charge is 2.12. The lowest BCUT2D eigenvalue weighted by molar-refractivity contribution is -0.128. The molecule has 0 aliphatic heterocycles. The van der Waals surface area contributed by atoms with Crippen LogP contribution in [-0.2, 0) is 4.79 Å². The largest absolute Gasteiger partial charge is 0.350 e. The van der Waals surface area contributed by atoms with Gasteiger partial charge in [-0.15, -0.1) is 11.3 Å². The molecule has 0 aliphatic carbocycles. The Balaban J connectivity index is 1.89. The minimum atomic E-state index is -0.282. The van der Waals surface area contributed by atoms with Crippen molar-refractivity contribution < 1.29 is 9.59 Å². The molecule has 0 fully saturated rings. The average molecular weight is 292 g/mol. The molecule has 2 N–H and O–H groups in total. The van der Waals surface area contributed by atoms with Crippen molar-refractivity contribution in [2.45, 2.75) is 6.42 Å². The fourth-order valence-corrected chi connectivity index (χ4v) is 2.29. The molecule has 0 bridgehead atoms. The highest BCUT2D eigenvalue weighted by atomic mass is 32.1. The van der Waals surface area contributed by atoms with Crippen LogP contribution in [0.4, 0.5) is 0 Å². The predicted octanol–water partition coefficient (Wildman–Crippen LogP) is 1.35. The van der Waals surface area contributed by atoms with E-state index in [1.54, 1.807) is 31.5 Å². The van der Waals surface area contributed by atoms with Gasteiger partial charge in [0, 0.05) is 27.1 Å². The molecule has 0 saturated heterocycles. The topological polar surface area (TPSA) is 78.1 Å². The highest BCUT2D eigenvalue weighted by molar-refractivity contribution is 7.13. The van der Waals surface area contributed by atoms with Crippen molar-refractivity contribution >= 4 is 23.2 Å². The van der Waals surface area contributed by atoms with E-state index in [0.29, 0.717) is 12.2 Å². The second-order valence-corrected chi connectivity index (χ2v) is 5.39. The molecule has 2 aromatic rings. The van der Waals surface area contributed by atoms with Gasteiger partial charge in [-0.25, -0.2) is 0 Å². The smallest absolute Gasteiger partial charge is 0.271 e. The van der Waals surface area contributed by atoms with Crippen molar-refractivity contribution in [2.75, 3.05) is 20.6 Å².